The van der Waals surface area contributed by atoms with Crippen molar-refractivity contribution in [2.75, 3.05) is 0 Å². The number of nitrogens with zero attached hydrogens (tertiary/aromatic N) is 2. The zero-order valence-electron chi connectivity index (χ0n) is 11.2. The molecule has 0 radical (unpaired) electrons. The highest BCUT2D eigenvalue weighted by Gasteiger charge is 2.12. The fraction of sp³-hybridized carbons (Fsp3) is 0.188. The quantitative estimate of drug-likeness (QED) is 0.763. The molecule has 1 N–H and O–H groups in total. The van der Waals surface area contributed by atoms with Gasteiger partial charge in [0.2, 0.25) is 0 Å². The second-order valence-corrected chi connectivity index (χ2v) is 5.69. The maximum atomic E-state index is 9.67. The van der Waals surface area contributed by atoms with E-state index >= 15 is 0 Å². The lowest BCUT2D eigenvalue weighted by Gasteiger charge is -2.08. The van der Waals surface area contributed by atoms with Crippen molar-refractivity contribution in [2.24, 2.45) is 0 Å². The Labute approximate surface area is 126 Å². The summed E-state index contributed by atoms with van der Waals surface area (Å²) >= 11 is 3.48. The van der Waals surface area contributed by atoms with E-state index in [-0.39, 0.29) is 5.75 Å². The smallest absolute Gasteiger partial charge is 0.141 e. The molecule has 1 aromatic heterocycles. The predicted molar refractivity (Wildman–Crippen MR) is 84.8 cm³/mol. The molecule has 102 valence electrons. The second kappa shape index (κ2) is 5.29. The minimum Gasteiger partial charge on any atom is -0.508 e. The fourth-order valence-electron chi connectivity index (χ4n) is 2.42. The minimum atomic E-state index is 0.263. The number of aryl methyl sites for hydroxylation is 1. The van der Waals surface area contributed by atoms with Crippen molar-refractivity contribution in [1.82, 2.24) is 9.55 Å². The lowest BCUT2D eigenvalue weighted by atomic mass is 10.2. The van der Waals surface area contributed by atoms with Crippen LogP contribution in [0.3, 0.4) is 0 Å². The lowest BCUT2D eigenvalue weighted by Crippen LogP contribution is -1.99. The molecule has 3 nitrogen and oxygen atoms in total. The van der Waals surface area contributed by atoms with Crippen LogP contribution >= 0.6 is 15.9 Å². The van der Waals surface area contributed by atoms with Crippen LogP contribution in [0.25, 0.3) is 22.4 Å². The third-order valence-electron chi connectivity index (χ3n) is 3.26. The third-order valence-corrected chi connectivity index (χ3v) is 3.76. The summed E-state index contributed by atoms with van der Waals surface area (Å²) in [7, 11) is 0. The van der Waals surface area contributed by atoms with Crippen LogP contribution in [0.15, 0.2) is 46.9 Å². The van der Waals surface area contributed by atoms with Crippen LogP contribution in [-0.4, -0.2) is 14.7 Å². The van der Waals surface area contributed by atoms with Gasteiger partial charge in [-0.1, -0.05) is 35.0 Å². The SMILES string of the molecule is CCCn1c(-c2cccc(O)c2)nc2cc(Br)ccc21. The van der Waals surface area contributed by atoms with Crippen molar-refractivity contribution in [1.29, 1.82) is 0 Å². The highest BCUT2D eigenvalue weighted by Crippen LogP contribution is 2.28. The first kappa shape index (κ1) is 13.2. The number of hydrogen-bond donors (Lipinski definition) is 1. The first-order valence-corrected chi connectivity index (χ1v) is 7.43. The molecular weight excluding hydrogens is 316 g/mol. The van der Waals surface area contributed by atoms with Gasteiger partial charge in [0, 0.05) is 16.6 Å². The molecule has 0 spiro atoms. The molecular formula is C16H15BrN2O. The molecule has 1 heterocycles. The molecule has 4 heteroatoms. The van der Waals surface area contributed by atoms with Gasteiger partial charge in [-0.15, -0.1) is 0 Å². The van der Waals surface area contributed by atoms with E-state index < -0.39 is 0 Å². The summed E-state index contributed by atoms with van der Waals surface area (Å²) in [6.07, 6.45) is 1.04. The highest BCUT2D eigenvalue weighted by molar-refractivity contribution is 9.10. The van der Waals surface area contributed by atoms with Crippen LogP contribution in [0, 0.1) is 0 Å². The van der Waals surface area contributed by atoms with Crippen LogP contribution in [0.4, 0.5) is 0 Å². The number of hydrogen-bond acceptors (Lipinski definition) is 2. The van der Waals surface area contributed by atoms with Gasteiger partial charge in [-0.3, -0.25) is 0 Å². The van der Waals surface area contributed by atoms with Crippen LogP contribution in [-0.2, 0) is 6.54 Å². The van der Waals surface area contributed by atoms with E-state index in [2.05, 4.69) is 33.5 Å². The molecule has 3 aromatic rings. The Hall–Kier alpha value is -1.81. The van der Waals surface area contributed by atoms with E-state index in [4.69, 9.17) is 4.98 Å². The van der Waals surface area contributed by atoms with E-state index in [1.807, 2.05) is 24.3 Å². The van der Waals surface area contributed by atoms with Crippen molar-refractivity contribution in [2.45, 2.75) is 19.9 Å². The van der Waals surface area contributed by atoms with Crippen molar-refractivity contribution in [3.05, 3.63) is 46.9 Å². The lowest BCUT2D eigenvalue weighted by molar-refractivity contribution is 0.475. The summed E-state index contributed by atoms with van der Waals surface area (Å²) in [5, 5.41) is 9.67. The van der Waals surface area contributed by atoms with Crippen molar-refractivity contribution in [3.63, 3.8) is 0 Å². The number of imidazole rings is 1. The van der Waals surface area contributed by atoms with Crippen LogP contribution in [0.2, 0.25) is 0 Å². The van der Waals surface area contributed by atoms with Crippen molar-refractivity contribution >= 4 is 27.0 Å². The summed E-state index contributed by atoms with van der Waals surface area (Å²) in [6, 6.07) is 13.4. The number of benzene rings is 2. The zero-order chi connectivity index (χ0) is 14.1. The topological polar surface area (TPSA) is 38.0 Å². The largest absolute Gasteiger partial charge is 0.508 e. The Morgan fingerprint density at radius 3 is 2.80 bits per heavy atom. The number of phenols is 1. The Bertz CT molecular complexity index is 764. The van der Waals surface area contributed by atoms with Gasteiger partial charge in [-0.2, -0.15) is 0 Å². The molecule has 2 aromatic carbocycles. The third kappa shape index (κ3) is 2.31. The molecule has 0 bridgehead atoms. The van der Waals surface area contributed by atoms with Gasteiger partial charge in [0.1, 0.15) is 11.6 Å². The zero-order valence-corrected chi connectivity index (χ0v) is 12.8. The van der Waals surface area contributed by atoms with Gasteiger partial charge >= 0.3 is 0 Å². The predicted octanol–water partition coefficient (Wildman–Crippen LogP) is 4.58. The highest BCUT2D eigenvalue weighted by atomic mass is 79.9. The van der Waals surface area contributed by atoms with E-state index in [1.54, 1.807) is 12.1 Å². The number of halogens is 1. The molecule has 0 saturated carbocycles. The van der Waals surface area contributed by atoms with Gasteiger partial charge in [0.25, 0.3) is 0 Å². The van der Waals surface area contributed by atoms with Crippen LogP contribution in [0.1, 0.15) is 13.3 Å². The molecule has 0 fully saturated rings. The van der Waals surface area contributed by atoms with Gasteiger partial charge in [-0.05, 0) is 36.8 Å². The Kier molecular flexibility index (Phi) is 3.49. The number of aromatic hydroxyl groups is 1. The van der Waals surface area contributed by atoms with Gasteiger partial charge in [0.05, 0.1) is 11.0 Å². The Morgan fingerprint density at radius 2 is 2.05 bits per heavy atom. The van der Waals surface area contributed by atoms with Gasteiger partial charge < -0.3 is 9.67 Å². The molecule has 0 amide bonds. The van der Waals surface area contributed by atoms with Crippen molar-refractivity contribution < 1.29 is 5.11 Å². The summed E-state index contributed by atoms with van der Waals surface area (Å²) in [5.74, 6) is 1.16. The normalized spacial score (nSPS) is 11.1. The summed E-state index contributed by atoms with van der Waals surface area (Å²) < 4.78 is 3.23. The van der Waals surface area contributed by atoms with Gasteiger partial charge in [-0.25, -0.2) is 4.98 Å². The summed E-state index contributed by atoms with van der Waals surface area (Å²) in [4.78, 5) is 4.73. The van der Waals surface area contributed by atoms with E-state index in [1.165, 1.54) is 0 Å². The van der Waals surface area contributed by atoms with Crippen LogP contribution in [0.5, 0.6) is 5.75 Å². The first-order chi connectivity index (χ1) is 9.69. The van der Waals surface area contributed by atoms with E-state index in [9.17, 15) is 5.11 Å². The Morgan fingerprint density at radius 1 is 1.20 bits per heavy atom. The minimum absolute atomic E-state index is 0.263. The molecule has 0 aliphatic carbocycles. The first-order valence-electron chi connectivity index (χ1n) is 6.64. The standard InChI is InChI=1S/C16H15BrN2O/c1-2-8-19-15-7-6-12(17)10-14(15)18-16(19)11-4-3-5-13(20)9-11/h3-7,9-10,20H,2,8H2,1H3. The molecule has 20 heavy (non-hydrogen) atoms. The maximum Gasteiger partial charge on any atom is 0.141 e. The van der Waals surface area contributed by atoms with E-state index in [0.29, 0.717) is 0 Å². The summed E-state index contributed by atoms with van der Waals surface area (Å²) in [5.41, 5.74) is 3.02. The molecule has 0 atom stereocenters. The van der Waals surface area contributed by atoms with Crippen molar-refractivity contribution in [3.8, 4) is 17.1 Å². The Balaban J connectivity index is 2.25. The number of aromatic nitrogens is 2. The fourth-order valence-corrected chi connectivity index (χ4v) is 2.77. The number of rotatable bonds is 3. The van der Waals surface area contributed by atoms with Crippen LogP contribution < -0.4 is 0 Å². The molecule has 0 saturated heterocycles. The van der Waals surface area contributed by atoms with E-state index in [0.717, 1.165) is 39.9 Å². The number of phenolic OH excluding ortho intramolecular Hbond substituents is 1. The molecule has 0 aliphatic rings. The average molecular weight is 331 g/mol. The number of fused-ring (bicyclic) bond motifs is 1. The summed E-state index contributed by atoms with van der Waals surface area (Å²) in [6.45, 7) is 3.06. The molecule has 3 rings (SSSR count). The average Bonchev–Trinajstić information content (AvgIpc) is 2.77. The monoisotopic (exact) mass is 330 g/mol. The second-order valence-electron chi connectivity index (χ2n) is 4.77. The maximum absolute atomic E-state index is 9.67. The molecule has 0 aliphatic heterocycles. The van der Waals surface area contributed by atoms with Gasteiger partial charge in [0.15, 0.2) is 0 Å². The molecule has 0 unspecified atom stereocenters.